The van der Waals surface area contributed by atoms with Gasteiger partial charge in [-0.3, -0.25) is 4.79 Å². The Bertz CT molecular complexity index is 375. The lowest BCUT2D eigenvalue weighted by atomic mass is 9.98. The number of amides is 1. The van der Waals surface area contributed by atoms with Crippen LogP contribution in [0.2, 0.25) is 0 Å². The zero-order valence-corrected chi connectivity index (χ0v) is 8.37. The van der Waals surface area contributed by atoms with Crippen LogP contribution < -0.4 is 5.32 Å². The first-order valence-electron chi connectivity index (χ1n) is 5.40. The van der Waals surface area contributed by atoms with Gasteiger partial charge in [-0.2, -0.15) is 0 Å². The average Bonchev–Trinajstić information content (AvgIpc) is 2.66. The van der Waals surface area contributed by atoms with Crippen molar-refractivity contribution >= 4 is 5.91 Å². The van der Waals surface area contributed by atoms with Crippen molar-refractivity contribution in [2.45, 2.75) is 31.3 Å². The number of nitrogens with zero attached hydrogens (tertiary/aromatic N) is 1. The molecule has 0 aromatic rings. The number of carbonyl (C=O) groups excluding carboxylic acids is 1. The zero-order valence-electron chi connectivity index (χ0n) is 8.37. The van der Waals surface area contributed by atoms with Crippen molar-refractivity contribution in [1.82, 2.24) is 10.2 Å². The van der Waals surface area contributed by atoms with Gasteiger partial charge in [0.15, 0.2) is 0 Å². The molecule has 4 heteroatoms. The molecule has 80 valence electrons. The van der Waals surface area contributed by atoms with Gasteiger partial charge in [-0.25, -0.2) is 4.39 Å². The van der Waals surface area contributed by atoms with Gasteiger partial charge < -0.3 is 10.2 Å². The van der Waals surface area contributed by atoms with Crippen molar-refractivity contribution in [3.63, 3.8) is 0 Å². The molecule has 2 heterocycles. The summed E-state index contributed by atoms with van der Waals surface area (Å²) in [7, 11) is 0. The molecule has 0 radical (unpaired) electrons. The summed E-state index contributed by atoms with van der Waals surface area (Å²) >= 11 is 0. The number of halogens is 1. The van der Waals surface area contributed by atoms with Gasteiger partial charge in [0.1, 0.15) is 11.9 Å². The summed E-state index contributed by atoms with van der Waals surface area (Å²) in [6.07, 6.45) is 5.82. The normalized spacial score (nSPS) is 33.9. The molecule has 3 aliphatic rings. The van der Waals surface area contributed by atoms with E-state index in [0.29, 0.717) is 12.1 Å². The van der Waals surface area contributed by atoms with E-state index in [1.54, 1.807) is 6.08 Å². The summed E-state index contributed by atoms with van der Waals surface area (Å²) in [6, 6.07) is -0.273. The van der Waals surface area contributed by atoms with Gasteiger partial charge in [-0.15, -0.1) is 0 Å². The number of carbonyl (C=O) groups is 1. The van der Waals surface area contributed by atoms with E-state index in [1.807, 2.05) is 4.90 Å². The minimum Gasteiger partial charge on any atom is -0.359 e. The smallest absolute Gasteiger partial charge is 0.243 e. The fourth-order valence-corrected chi connectivity index (χ4v) is 2.73. The first-order valence-corrected chi connectivity index (χ1v) is 5.40. The molecule has 1 aliphatic carbocycles. The largest absolute Gasteiger partial charge is 0.359 e. The van der Waals surface area contributed by atoms with E-state index in [2.05, 4.69) is 5.32 Å². The number of piperazine rings is 1. The van der Waals surface area contributed by atoms with Crippen LogP contribution in [-0.4, -0.2) is 29.4 Å². The Hall–Kier alpha value is -1.32. The Kier molecular flexibility index (Phi) is 1.84. The van der Waals surface area contributed by atoms with E-state index in [9.17, 15) is 9.18 Å². The van der Waals surface area contributed by atoms with E-state index in [1.165, 1.54) is 6.08 Å². The van der Waals surface area contributed by atoms with E-state index in [-0.39, 0.29) is 23.8 Å². The molecule has 1 amide bonds. The first-order chi connectivity index (χ1) is 7.27. The number of hydrogen-bond acceptors (Lipinski definition) is 2. The molecule has 2 aliphatic heterocycles. The first kappa shape index (κ1) is 8.95. The monoisotopic (exact) mass is 208 g/mol. The van der Waals surface area contributed by atoms with Crippen LogP contribution >= 0.6 is 0 Å². The predicted molar refractivity (Wildman–Crippen MR) is 53.5 cm³/mol. The average molecular weight is 208 g/mol. The lowest BCUT2D eigenvalue weighted by Gasteiger charge is -2.40. The number of allylic oxidation sites excluding steroid dienone is 2. The van der Waals surface area contributed by atoms with Gasteiger partial charge in [0.05, 0.1) is 11.7 Å². The minimum absolute atomic E-state index is 0.0596. The molecule has 2 atom stereocenters. The van der Waals surface area contributed by atoms with Crippen molar-refractivity contribution in [3.8, 4) is 0 Å². The second-order valence-corrected chi connectivity index (χ2v) is 4.28. The Morgan fingerprint density at radius 1 is 1.53 bits per heavy atom. The lowest BCUT2D eigenvalue weighted by Crippen LogP contribution is -2.56. The third-order valence-electron chi connectivity index (χ3n) is 3.39. The molecular weight excluding hydrogens is 195 g/mol. The second-order valence-electron chi connectivity index (χ2n) is 4.28. The van der Waals surface area contributed by atoms with E-state index in [4.69, 9.17) is 0 Å². The summed E-state index contributed by atoms with van der Waals surface area (Å²) in [4.78, 5) is 13.7. The van der Waals surface area contributed by atoms with Crippen molar-refractivity contribution in [2.24, 2.45) is 0 Å². The van der Waals surface area contributed by atoms with Gasteiger partial charge in [-0.05, 0) is 25.3 Å². The van der Waals surface area contributed by atoms with Crippen molar-refractivity contribution < 1.29 is 9.18 Å². The van der Waals surface area contributed by atoms with Crippen LogP contribution in [0.1, 0.15) is 19.3 Å². The van der Waals surface area contributed by atoms with Gasteiger partial charge in [0, 0.05) is 6.54 Å². The van der Waals surface area contributed by atoms with Gasteiger partial charge in [0.2, 0.25) is 5.91 Å². The third kappa shape index (κ3) is 1.20. The molecule has 0 unspecified atom stereocenters. The molecule has 0 saturated carbocycles. The summed E-state index contributed by atoms with van der Waals surface area (Å²) in [5, 5.41) is 2.89. The Morgan fingerprint density at radius 2 is 2.40 bits per heavy atom. The number of rotatable bonds is 0. The number of hydrogen-bond donors (Lipinski definition) is 1. The summed E-state index contributed by atoms with van der Waals surface area (Å²) < 4.78 is 13.7. The quantitative estimate of drug-likeness (QED) is 0.646. The van der Waals surface area contributed by atoms with Crippen LogP contribution in [-0.2, 0) is 4.79 Å². The summed E-state index contributed by atoms with van der Waals surface area (Å²) in [5.41, 5.74) is 0.694. The highest BCUT2D eigenvalue weighted by atomic mass is 19.1. The van der Waals surface area contributed by atoms with E-state index < -0.39 is 0 Å². The van der Waals surface area contributed by atoms with E-state index >= 15 is 0 Å². The fraction of sp³-hybridized carbons (Fsp3) is 0.545. The molecule has 0 aromatic carbocycles. The number of fused-ring (bicyclic) bond motifs is 3. The third-order valence-corrected chi connectivity index (χ3v) is 3.39. The van der Waals surface area contributed by atoms with Crippen LogP contribution in [0, 0.1) is 0 Å². The number of nitrogens with one attached hydrogen (secondary N) is 1. The summed E-state index contributed by atoms with van der Waals surface area (Å²) in [6.45, 7) is 0.811. The Morgan fingerprint density at radius 3 is 3.27 bits per heavy atom. The van der Waals surface area contributed by atoms with Crippen molar-refractivity contribution in [2.75, 3.05) is 6.54 Å². The van der Waals surface area contributed by atoms with Crippen LogP contribution in [0.25, 0.3) is 0 Å². The van der Waals surface area contributed by atoms with Gasteiger partial charge in [-0.1, -0.05) is 6.08 Å². The highest BCUT2D eigenvalue weighted by Crippen LogP contribution is 2.33. The summed E-state index contributed by atoms with van der Waals surface area (Å²) in [5.74, 6) is -0.123. The van der Waals surface area contributed by atoms with Crippen LogP contribution in [0.15, 0.2) is 23.7 Å². The van der Waals surface area contributed by atoms with Gasteiger partial charge >= 0.3 is 0 Å². The molecule has 0 aromatic heterocycles. The molecule has 0 bridgehead atoms. The maximum atomic E-state index is 13.7. The molecule has 3 rings (SSSR count). The maximum Gasteiger partial charge on any atom is 0.243 e. The molecule has 2 fully saturated rings. The standard InChI is InChI=1S/C11H13FN2O/c12-7-3-1-4-8-10(7)14-6-2-5-9(14)11(15)13-8/h1,3,8-9H,2,4-6H2,(H,13,15)/t8-,9-/m0/s1. The van der Waals surface area contributed by atoms with Crippen molar-refractivity contribution in [3.05, 3.63) is 23.7 Å². The molecule has 15 heavy (non-hydrogen) atoms. The lowest BCUT2D eigenvalue weighted by molar-refractivity contribution is -0.127. The maximum absolute atomic E-state index is 13.7. The van der Waals surface area contributed by atoms with Crippen LogP contribution in [0.5, 0.6) is 0 Å². The minimum atomic E-state index is -0.182. The zero-order chi connectivity index (χ0) is 10.4. The fourth-order valence-electron chi connectivity index (χ4n) is 2.73. The Balaban J connectivity index is 2.03. The SMILES string of the molecule is O=C1N[C@H]2CC=CC(F)=C2N2CCC[C@@H]12. The van der Waals surface area contributed by atoms with Crippen LogP contribution in [0.4, 0.5) is 4.39 Å². The molecule has 3 nitrogen and oxygen atoms in total. The molecule has 1 N–H and O–H groups in total. The highest BCUT2D eigenvalue weighted by molar-refractivity contribution is 5.84. The topological polar surface area (TPSA) is 32.3 Å². The molecule has 2 saturated heterocycles. The molecule has 0 spiro atoms. The second kappa shape index (κ2) is 3.08. The molecular formula is C11H13FN2O. The highest BCUT2D eigenvalue weighted by Gasteiger charge is 2.42. The van der Waals surface area contributed by atoms with Crippen molar-refractivity contribution in [1.29, 1.82) is 0 Å². The predicted octanol–water partition coefficient (Wildman–Crippen LogP) is 1.09. The van der Waals surface area contributed by atoms with E-state index in [0.717, 1.165) is 19.4 Å². The van der Waals surface area contributed by atoms with Gasteiger partial charge in [0.25, 0.3) is 0 Å². The Labute approximate surface area is 87.6 Å². The van der Waals surface area contributed by atoms with Crippen LogP contribution in [0.3, 0.4) is 0 Å².